The van der Waals surface area contributed by atoms with Crippen LogP contribution in [0.25, 0.3) is 0 Å². The number of hydrogen-bond donors (Lipinski definition) is 1. The highest BCUT2D eigenvalue weighted by molar-refractivity contribution is 5.57. The number of rotatable bonds is 2. The lowest BCUT2D eigenvalue weighted by Crippen LogP contribution is -2.42. The lowest BCUT2D eigenvalue weighted by Gasteiger charge is -2.42. The first-order valence-electron chi connectivity index (χ1n) is 7.54. The SMILES string of the molecule is CNc1ncnc(N2CCC3CCCCC3C2)c1C. The Morgan fingerprint density at radius 3 is 2.74 bits per heavy atom. The van der Waals surface area contributed by atoms with Crippen molar-refractivity contribution in [2.75, 3.05) is 30.4 Å². The molecule has 2 heterocycles. The number of aromatic nitrogens is 2. The summed E-state index contributed by atoms with van der Waals surface area (Å²) in [5, 5.41) is 3.15. The molecule has 2 atom stereocenters. The Hall–Kier alpha value is -1.32. The van der Waals surface area contributed by atoms with Crippen LogP contribution in [0, 0.1) is 18.8 Å². The van der Waals surface area contributed by atoms with Gasteiger partial charge in [0.15, 0.2) is 0 Å². The molecule has 2 aliphatic rings. The van der Waals surface area contributed by atoms with Crippen molar-refractivity contribution in [3.05, 3.63) is 11.9 Å². The minimum atomic E-state index is 0.884. The fourth-order valence-electron chi connectivity index (χ4n) is 3.80. The van der Waals surface area contributed by atoms with E-state index >= 15 is 0 Å². The zero-order valence-corrected chi connectivity index (χ0v) is 12.0. The van der Waals surface area contributed by atoms with Gasteiger partial charge in [0.05, 0.1) is 0 Å². The monoisotopic (exact) mass is 260 g/mol. The molecule has 0 spiro atoms. The molecule has 4 heteroatoms. The van der Waals surface area contributed by atoms with Gasteiger partial charge in [0, 0.05) is 25.7 Å². The first-order chi connectivity index (χ1) is 9.29. The maximum Gasteiger partial charge on any atom is 0.137 e. The Kier molecular flexibility index (Phi) is 3.58. The number of nitrogens with zero attached hydrogens (tertiary/aromatic N) is 3. The van der Waals surface area contributed by atoms with Crippen LogP contribution in [0.1, 0.15) is 37.7 Å². The van der Waals surface area contributed by atoms with Gasteiger partial charge < -0.3 is 10.2 Å². The lowest BCUT2D eigenvalue weighted by atomic mass is 9.75. The van der Waals surface area contributed by atoms with E-state index in [1.807, 2.05) is 7.05 Å². The van der Waals surface area contributed by atoms with Crippen molar-refractivity contribution in [2.45, 2.75) is 39.0 Å². The van der Waals surface area contributed by atoms with Gasteiger partial charge >= 0.3 is 0 Å². The van der Waals surface area contributed by atoms with Crippen LogP contribution in [-0.4, -0.2) is 30.1 Å². The van der Waals surface area contributed by atoms with Gasteiger partial charge in [-0.1, -0.05) is 19.3 Å². The summed E-state index contributed by atoms with van der Waals surface area (Å²) >= 11 is 0. The molecule has 104 valence electrons. The van der Waals surface area contributed by atoms with Crippen molar-refractivity contribution in [1.29, 1.82) is 0 Å². The first-order valence-corrected chi connectivity index (χ1v) is 7.54. The highest BCUT2D eigenvalue weighted by Gasteiger charge is 2.32. The van der Waals surface area contributed by atoms with E-state index in [1.165, 1.54) is 44.2 Å². The third-order valence-corrected chi connectivity index (χ3v) is 4.89. The predicted molar refractivity (Wildman–Crippen MR) is 78.6 cm³/mol. The number of fused-ring (bicyclic) bond motifs is 1. The zero-order valence-electron chi connectivity index (χ0n) is 12.0. The van der Waals surface area contributed by atoms with Gasteiger partial charge in [-0.25, -0.2) is 9.97 Å². The van der Waals surface area contributed by atoms with Crippen molar-refractivity contribution in [3.8, 4) is 0 Å². The molecule has 2 fully saturated rings. The third kappa shape index (κ3) is 2.40. The minimum absolute atomic E-state index is 0.884. The summed E-state index contributed by atoms with van der Waals surface area (Å²) in [6, 6.07) is 0. The number of piperidine rings is 1. The Morgan fingerprint density at radius 1 is 1.16 bits per heavy atom. The predicted octanol–water partition coefficient (Wildman–Crippen LogP) is 2.84. The van der Waals surface area contributed by atoms with Crippen molar-refractivity contribution >= 4 is 11.6 Å². The zero-order chi connectivity index (χ0) is 13.2. The van der Waals surface area contributed by atoms with Crippen molar-refractivity contribution in [2.24, 2.45) is 11.8 Å². The molecule has 3 rings (SSSR count). The highest BCUT2D eigenvalue weighted by Crippen LogP contribution is 2.38. The summed E-state index contributed by atoms with van der Waals surface area (Å²) in [6.07, 6.45) is 8.73. The molecule has 0 radical (unpaired) electrons. The standard InChI is InChI=1S/C15H24N4/c1-11-14(16-2)17-10-18-15(11)19-8-7-12-5-3-4-6-13(12)9-19/h10,12-13H,3-9H2,1-2H3,(H,16,17,18). The van der Waals surface area contributed by atoms with Gasteiger partial charge in [0.1, 0.15) is 18.0 Å². The highest BCUT2D eigenvalue weighted by atomic mass is 15.2. The smallest absolute Gasteiger partial charge is 0.137 e. The average Bonchev–Trinajstić information content (AvgIpc) is 2.47. The lowest BCUT2D eigenvalue weighted by molar-refractivity contribution is 0.202. The van der Waals surface area contributed by atoms with Crippen LogP contribution in [0.4, 0.5) is 11.6 Å². The van der Waals surface area contributed by atoms with E-state index in [2.05, 4.69) is 27.1 Å². The van der Waals surface area contributed by atoms with Crippen molar-refractivity contribution in [3.63, 3.8) is 0 Å². The van der Waals surface area contributed by atoms with Crippen LogP contribution in [0.3, 0.4) is 0 Å². The number of anilines is 2. The molecule has 0 aromatic carbocycles. The molecule has 1 aromatic rings. The van der Waals surface area contributed by atoms with Crippen molar-refractivity contribution < 1.29 is 0 Å². The summed E-state index contributed by atoms with van der Waals surface area (Å²) in [5.41, 5.74) is 1.18. The summed E-state index contributed by atoms with van der Waals surface area (Å²) in [4.78, 5) is 11.3. The second-order valence-corrected chi connectivity index (χ2v) is 5.96. The maximum absolute atomic E-state index is 4.52. The van der Waals surface area contributed by atoms with Gasteiger partial charge in [0.2, 0.25) is 0 Å². The molecule has 1 saturated heterocycles. The normalized spacial score (nSPS) is 26.9. The number of nitrogens with one attached hydrogen (secondary N) is 1. The molecule has 1 aromatic heterocycles. The van der Waals surface area contributed by atoms with Crippen molar-refractivity contribution in [1.82, 2.24) is 9.97 Å². The molecular formula is C15H24N4. The van der Waals surface area contributed by atoms with Crippen LogP contribution in [-0.2, 0) is 0 Å². The average molecular weight is 260 g/mol. The second-order valence-electron chi connectivity index (χ2n) is 5.96. The topological polar surface area (TPSA) is 41.1 Å². The van der Waals surface area contributed by atoms with E-state index < -0.39 is 0 Å². The largest absolute Gasteiger partial charge is 0.373 e. The second kappa shape index (κ2) is 5.35. The molecule has 1 saturated carbocycles. The summed E-state index contributed by atoms with van der Waals surface area (Å²) < 4.78 is 0. The Labute approximate surface area is 115 Å². The van der Waals surface area contributed by atoms with Crippen LogP contribution >= 0.6 is 0 Å². The first kappa shape index (κ1) is 12.7. The van der Waals surface area contributed by atoms with E-state index in [-0.39, 0.29) is 0 Å². The summed E-state index contributed by atoms with van der Waals surface area (Å²) in [6.45, 7) is 4.46. The van der Waals surface area contributed by atoms with Crippen LogP contribution < -0.4 is 10.2 Å². The summed E-state index contributed by atoms with van der Waals surface area (Å²) in [7, 11) is 1.92. The molecular weight excluding hydrogens is 236 g/mol. The van der Waals surface area contributed by atoms with Crippen LogP contribution in [0.2, 0.25) is 0 Å². The van der Waals surface area contributed by atoms with Gasteiger partial charge in [-0.05, 0) is 31.6 Å². The quantitative estimate of drug-likeness (QED) is 0.887. The molecule has 0 amide bonds. The van der Waals surface area contributed by atoms with E-state index in [0.29, 0.717) is 0 Å². The van der Waals surface area contributed by atoms with Crippen LogP contribution in [0.5, 0.6) is 0 Å². The Morgan fingerprint density at radius 2 is 1.95 bits per heavy atom. The number of hydrogen-bond acceptors (Lipinski definition) is 4. The summed E-state index contributed by atoms with van der Waals surface area (Å²) in [5.74, 6) is 3.94. The van der Waals surface area contributed by atoms with Gasteiger partial charge in [0.25, 0.3) is 0 Å². The van der Waals surface area contributed by atoms with Gasteiger partial charge in [-0.15, -0.1) is 0 Å². The fourth-order valence-corrected chi connectivity index (χ4v) is 3.80. The van der Waals surface area contributed by atoms with E-state index in [4.69, 9.17) is 0 Å². The fraction of sp³-hybridized carbons (Fsp3) is 0.733. The molecule has 1 aliphatic carbocycles. The van der Waals surface area contributed by atoms with Gasteiger partial charge in [-0.3, -0.25) is 0 Å². The Balaban J connectivity index is 1.79. The minimum Gasteiger partial charge on any atom is -0.373 e. The molecule has 2 unspecified atom stereocenters. The van der Waals surface area contributed by atoms with E-state index in [0.717, 1.165) is 30.0 Å². The van der Waals surface area contributed by atoms with Crippen LogP contribution in [0.15, 0.2) is 6.33 Å². The van der Waals surface area contributed by atoms with E-state index in [1.54, 1.807) is 6.33 Å². The Bertz CT molecular complexity index is 446. The molecule has 1 aliphatic heterocycles. The maximum atomic E-state index is 4.52. The molecule has 19 heavy (non-hydrogen) atoms. The third-order valence-electron chi connectivity index (χ3n) is 4.89. The van der Waals surface area contributed by atoms with Gasteiger partial charge in [-0.2, -0.15) is 0 Å². The molecule has 1 N–H and O–H groups in total. The molecule has 0 bridgehead atoms. The molecule has 4 nitrogen and oxygen atoms in total. The van der Waals surface area contributed by atoms with E-state index in [9.17, 15) is 0 Å².